The zero-order valence-electron chi connectivity index (χ0n) is 10.6. The van der Waals surface area contributed by atoms with E-state index in [0.717, 1.165) is 25.4 Å². The molecule has 1 aromatic carbocycles. The number of hydrogen-bond acceptors (Lipinski definition) is 4. The van der Waals surface area contributed by atoms with E-state index in [-0.39, 0.29) is 10.3 Å². The molecular formula is C12H18N2O3S. The van der Waals surface area contributed by atoms with Gasteiger partial charge in [0.15, 0.2) is 0 Å². The average Bonchev–Trinajstić information content (AvgIpc) is 2.34. The van der Waals surface area contributed by atoms with Gasteiger partial charge in [0, 0.05) is 17.6 Å². The van der Waals surface area contributed by atoms with Gasteiger partial charge in [0.05, 0.1) is 18.1 Å². The van der Waals surface area contributed by atoms with Crippen molar-refractivity contribution in [2.45, 2.75) is 11.8 Å². The van der Waals surface area contributed by atoms with Crippen LogP contribution in [0.4, 0.5) is 5.69 Å². The molecule has 1 saturated heterocycles. The van der Waals surface area contributed by atoms with Gasteiger partial charge >= 0.3 is 0 Å². The van der Waals surface area contributed by atoms with Crippen molar-refractivity contribution in [1.29, 1.82) is 0 Å². The van der Waals surface area contributed by atoms with Crippen LogP contribution < -0.4 is 10.0 Å². The van der Waals surface area contributed by atoms with Gasteiger partial charge in [0.2, 0.25) is 10.0 Å². The number of rotatable bonds is 5. The Hall–Kier alpha value is -1.11. The molecule has 0 aliphatic carbocycles. The third kappa shape index (κ3) is 2.82. The van der Waals surface area contributed by atoms with Crippen LogP contribution in [0.2, 0.25) is 0 Å². The van der Waals surface area contributed by atoms with Crippen molar-refractivity contribution in [2.24, 2.45) is 5.41 Å². The normalized spacial score (nSPS) is 18.1. The zero-order valence-corrected chi connectivity index (χ0v) is 11.4. The Balaban J connectivity index is 2.08. The second kappa shape index (κ2) is 4.87. The summed E-state index contributed by atoms with van der Waals surface area (Å²) in [6, 6.07) is 6.80. The van der Waals surface area contributed by atoms with Crippen LogP contribution in [0.15, 0.2) is 29.2 Å². The fourth-order valence-electron chi connectivity index (χ4n) is 1.76. The van der Waals surface area contributed by atoms with Gasteiger partial charge in [-0.05, 0) is 25.2 Å². The van der Waals surface area contributed by atoms with Crippen molar-refractivity contribution < 1.29 is 13.2 Å². The van der Waals surface area contributed by atoms with E-state index < -0.39 is 10.0 Å². The minimum atomic E-state index is -3.38. The maximum absolute atomic E-state index is 11.7. The minimum absolute atomic E-state index is 0.151. The SMILES string of the molecule is CNS(=O)(=O)c1cccc(NCC2(C)COC2)c1. The summed E-state index contributed by atoms with van der Waals surface area (Å²) in [5.41, 5.74) is 0.956. The highest BCUT2D eigenvalue weighted by Gasteiger charge is 2.32. The predicted octanol–water partition coefficient (Wildman–Crippen LogP) is 1.04. The first-order valence-corrected chi connectivity index (χ1v) is 7.29. The molecule has 0 amide bonds. The summed E-state index contributed by atoms with van der Waals surface area (Å²) in [4.78, 5) is 0.269. The molecule has 1 fully saturated rings. The minimum Gasteiger partial charge on any atom is -0.384 e. The lowest BCUT2D eigenvalue weighted by Gasteiger charge is -2.38. The number of benzene rings is 1. The van der Waals surface area contributed by atoms with Crippen molar-refractivity contribution in [3.8, 4) is 0 Å². The molecule has 0 bridgehead atoms. The second-order valence-electron chi connectivity index (χ2n) is 4.89. The van der Waals surface area contributed by atoms with Gasteiger partial charge in [0.25, 0.3) is 0 Å². The van der Waals surface area contributed by atoms with Gasteiger partial charge in [-0.2, -0.15) is 0 Å². The van der Waals surface area contributed by atoms with E-state index in [1.54, 1.807) is 18.2 Å². The van der Waals surface area contributed by atoms with Crippen LogP contribution in [0.25, 0.3) is 0 Å². The Morgan fingerprint density at radius 2 is 2.11 bits per heavy atom. The van der Waals surface area contributed by atoms with Crippen LogP contribution in [-0.4, -0.2) is 35.2 Å². The Kier molecular flexibility index (Phi) is 3.61. The lowest BCUT2D eigenvalue weighted by Crippen LogP contribution is -2.45. The Labute approximate surface area is 108 Å². The molecule has 0 atom stereocenters. The molecule has 0 radical (unpaired) electrons. The summed E-state index contributed by atoms with van der Waals surface area (Å²) >= 11 is 0. The fourth-order valence-corrected chi connectivity index (χ4v) is 2.53. The van der Waals surface area contributed by atoms with Crippen LogP contribution >= 0.6 is 0 Å². The van der Waals surface area contributed by atoms with E-state index in [1.807, 2.05) is 6.07 Å². The van der Waals surface area contributed by atoms with Crippen molar-refractivity contribution in [3.63, 3.8) is 0 Å². The van der Waals surface area contributed by atoms with Gasteiger partial charge < -0.3 is 10.1 Å². The lowest BCUT2D eigenvalue weighted by molar-refractivity contribution is -0.0924. The van der Waals surface area contributed by atoms with Crippen LogP contribution in [0.5, 0.6) is 0 Å². The highest BCUT2D eigenvalue weighted by atomic mass is 32.2. The first kappa shape index (κ1) is 13.3. The summed E-state index contributed by atoms with van der Waals surface area (Å²) in [6.45, 7) is 4.40. The Bertz CT molecular complexity index is 524. The second-order valence-corrected chi connectivity index (χ2v) is 6.78. The zero-order chi connectivity index (χ0) is 13.2. The number of ether oxygens (including phenoxy) is 1. The lowest BCUT2D eigenvalue weighted by atomic mass is 9.89. The van der Waals surface area contributed by atoms with E-state index in [9.17, 15) is 8.42 Å². The molecule has 1 aromatic rings. The summed E-state index contributed by atoms with van der Waals surface area (Å²) in [5, 5.41) is 3.25. The van der Waals surface area contributed by atoms with Gasteiger partial charge in [-0.25, -0.2) is 13.1 Å². The largest absolute Gasteiger partial charge is 0.384 e. The molecule has 0 saturated carbocycles. The molecule has 0 spiro atoms. The third-order valence-electron chi connectivity index (χ3n) is 3.03. The third-order valence-corrected chi connectivity index (χ3v) is 4.45. The number of anilines is 1. The Morgan fingerprint density at radius 1 is 1.39 bits per heavy atom. The highest BCUT2D eigenvalue weighted by Crippen LogP contribution is 2.27. The van der Waals surface area contributed by atoms with Gasteiger partial charge in [0.1, 0.15) is 0 Å². The molecule has 1 heterocycles. The van der Waals surface area contributed by atoms with E-state index in [0.29, 0.717) is 0 Å². The molecule has 2 rings (SSSR count). The highest BCUT2D eigenvalue weighted by molar-refractivity contribution is 7.89. The topological polar surface area (TPSA) is 67.4 Å². The summed E-state index contributed by atoms with van der Waals surface area (Å²) < 4.78 is 30.8. The van der Waals surface area contributed by atoms with E-state index in [4.69, 9.17) is 4.74 Å². The van der Waals surface area contributed by atoms with Crippen molar-refractivity contribution >= 4 is 15.7 Å². The molecule has 1 aliphatic heterocycles. The Morgan fingerprint density at radius 3 is 2.67 bits per heavy atom. The van der Waals surface area contributed by atoms with Gasteiger partial charge in [-0.15, -0.1) is 0 Å². The maximum Gasteiger partial charge on any atom is 0.240 e. The molecule has 5 nitrogen and oxygen atoms in total. The number of hydrogen-bond donors (Lipinski definition) is 2. The first-order valence-electron chi connectivity index (χ1n) is 5.80. The molecule has 1 aliphatic rings. The monoisotopic (exact) mass is 270 g/mol. The van der Waals surface area contributed by atoms with Crippen molar-refractivity contribution in [3.05, 3.63) is 24.3 Å². The molecule has 0 aromatic heterocycles. The smallest absolute Gasteiger partial charge is 0.240 e. The van der Waals surface area contributed by atoms with Crippen LogP contribution in [-0.2, 0) is 14.8 Å². The van der Waals surface area contributed by atoms with Crippen molar-refractivity contribution in [2.75, 3.05) is 32.1 Å². The molecule has 0 unspecified atom stereocenters. The van der Waals surface area contributed by atoms with E-state index in [2.05, 4.69) is 17.0 Å². The maximum atomic E-state index is 11.7. The van der Waals surface area contributed by atoms with Crippen LogP contribution in [0.3, 0.4) is 0 Å². The average molecular weight is 270 g/mol. The van der Waals surface area contributed by atoms with Gasteiger partial charge in [-0.3, -0.25) is 0 Å². The van der Waals surface area contributed by atoms with Crippen LogP contribution in [0.1, 0.15) is 6.92 Å². The summed E-state index contributed by atoms with van der Waals surface area (Å²) in [5.74, 6) is 0. The fraction of sp³-hybridized carbons (Fsp3) is 0.500. The molecule has 100 valence electrons. The van der Waals surface area contributed by atoms with Gasteiger partial charge in [-0.1, -0.05) is 13.0 Å². The molecular weight excluding hydrogens is 252 g/mol. The first-order chi connectivity index (χ1) is 8.45. The quantitative estimate of drug-likeness (QED) is 0.839. The molecule has 18 heavy (non-hydrogen) atoms. The van der Waals surface area contributed by atoms with E-state index in [1.165, 1.54) is 7.05 Å². The van der Waals surface area contributed by atoms with E-state index >= 15 is 0 Å². The summed E-state index contributed by atoms with van der Waals surface area (Å²) in [7, 11) is -1.98. The number of nitrogens with one attached hydrogen (secondary N) is 2. The summed E-state index contributed by atoms with van der Waals surface area (Å²) in [6.07, 6.45) is 0. The van der Waals surface area contributed by atoms with Crippen molar-refractivity contribution in [1.82, 2.24) is 4.72 Å². The van der Waals surface area contributed by atoms with Crippen LogP contribution in [0, 0.1) is 5.41 Å². The standard InChI is InChI=1S/C12H18N2O3S/c1-12(8-17-9-12)7-14-10-4-3-5-11(6-10)18(15,16)13-2/h3-6,13-14H,7-9H2,1-2H3. The number of sulfonamides is 1. The molecule has 2 N–H and O–H groups in total. The molecule has 6 heteroatoms. The predicted molar refractivity (Wildman–Crippen MR) is 70.1 cm³/mol.